The van der Waals surface area contributed by atoms with Gasteiger partial charge in [-0.2, -0.15) is 0 Å². The average molecular weight is 222 g/mol. The topological polar surface area (TPSA) is 46.4 Å². The summed E-state index contributed by atoms with van der Waals surface area (Å²) < 4.78 is 11.4. The minimum Gasteiger partial charge on any atom is -0.468 e. The molecule has 16 heavy (non-hydrogen) atoms. The van der Waals surface area contributed by atoms with Crippen molar-refractivity contribution in [3.63, 3.8) is 0 Å². The van der Waals surface area contributed by atoms with E-state index in [9.17, 15) is 0 Å². The molecule has 0 amide bonds. The van der Waals surface area contributed by atoms with Crippen LogP contribution in [-0.2, 0) is 4.74 Å². The molecule has 2 saturated heterocycles. The summed E-state index contributed by atoms with van der Waals surface area (Å²) in [5.41, 5.74) is -0.124. The predicted molar refractivity (Wildman–Crippen MR) is 60.0 cm³/mol. The quantitative estimate of drug-likeness (QED) is 0.754. The molecule has 4 heteroatoms. The van der Waals surface area contributed by atoms with E-state index in [1.807, 2.05) is 12.1 Å². The molecule has 0 bridgehead atoms. The van der Waals surface area contributed by atoms with Gasteiger partial charge in [-0.1, -0.05) is 0 Å². The van der Waals surface area contributed by atoms with Crippen LogP contribution >= 0.6 is 0 Å². The van der Waals surface area contributed by atoms with Crippen LogP contribution in [0.15, 0.2) is 22.8 Å². The standard InChI is InChI=1S/C12H18N2O2/c1-2-11(15-8-1)10-3-9-16-12(14-10)4-6-13-7-5-12/h1-2,8,10,13-14H,3-7,9H2. The Morgan fingerprint density at radius 3 is 2.94 bits per heavy atom. The van der Waals surface area contributed by atoms with Crippen LogP contribution in [0.3, 0.4) is 0 Å². The average Bonchev–Trinajstić information content (AvgIpc) is 2.83. The fourth-order valence-corrected chi connectivity index (χ4v) is 2.63. The van der Waals surface area contributed by atoms with Crippen LogP contribution in [-0.4, -0.2) is 25.4 Å². The Morgan fingerprint density at radius 1 is 1.31 bits per heavy atom. The van der Waals surface area contributed by atoms with Crippen molar-refractivity contribution in [2.75, 3.05) is 19.7 Å². The Labute approximate surface area is 95.3 Å². The van der Waals surface area contributed by atoms with Crippen molar-refractivity contribution in [1.29, 1.82) is 0 Å². The Kier molecular flexibility index (Phi) is 2.71. The summed E-state index contributed by atoms with van der Waals surface area (Å²) in [6.45, 7) is 2.87. The van der Waals surface area contributed by atoms with E-state index in [0.717, 1.165) is 44.7 Å². The highest BCUT2D eigenvalue weighted by Gasteiger charge is 2.38. The first-order valence-corrected chi connectivity index (χ1v) is 6.04. The van der Waals surface area contributed by atoms with Crippen molar-refractivity contribution in [2.24, 2.45) is 0 Å². The number of furan rings is 1. The third kappa shape index (κ3) is 1.88. The van der Waals surface area contributed by atoms with Crippen LogP contribution in [0, 0.1) is 0 Å². The number of nitrogens with one attached hydrogen (secondary N) is 2. The van der Waals surface area contributed by atoms with Crippen LogP contribution in [0.5, 0.6) is 0 Å². The zero-order chi connectivity index (χ0) is 10.8. The van der Waals surface area contributed by atoms with Crippen molar-refractivity contribution >= 4 is 0 Å². The van der Waals surface area contributed by atoms with Crippen molar-refractivity contribution in [1.82, 2.24) is 10.6 Å². The lowest BCUT2D eigenvalue weighted by molar-refractivity contribution is -0.129. The van der Waals surface area contributed by atoms with E-state index in [1.165, 1.54) is 0 Å². The molecule has 0 aliphatic carbocycles. The Balaban J connectivity index is 1.74. The van der Waals surface area contributed by atoms with Gasteiger partial charge in [0.1, 0.15) is 11.5 Å². The van der Waals surface area contributed by atoms with Gasteiger partial charge in [-0.15, -0.1) is 0 Å². The van der Waals surface area contributed by atoms with Gasteiger partial charge in [0.05, 0.1) is 18.9 Å². The van der Waals surface area contributed by atoms with E-state index in [-0.39, 0.29) is 5.72 Å². The van der Waals surface area contributed by atoms with Gasteiger partial charge in [0.25, 0.3) is 0 Å². The Morgan fingerprint density at radius 2 is 2.19 bits per heavy atom. The lowest BCUT2D eigenvalue weighted by atomic mass is 9.97. The number of hydrogen-bond acceptors (Lipinski definition) is 4. The minimum absolute atomic E-state index is 0.124. The summed E-state index contributed by atoms with van der Waals surface area (Å²) >= 11 is 0. The molecule has 0 aromatic carbocycles. The van der Waals surface area contributed by atoms with Crippen LogP contribution in [0.2, 0.25) is 0 Å². The molecule has 0 saturated carbocycles. The van der Waals surface area contributed by atoms with Gasteiger partial charge in [0, 0.05) is 12.8 Å². The SMILES string of the molecule is c1coc(C2CCOC3(CCNCC3)N2)c1. The first-order valence-electron chi connectivity index (χ1n) is 6.04. The Hall–Kier alpha value is -0.840. The van der Waals surface area contributed by atoms with Gasteiger partial charge in [0.15, 0.2) is 0 Å². The molecular formula is C12H18N2O2. The second kappa shape index (κ2) is 4.20. The zero-order valence-corrected chi connectivity index (χ0v) is 9.37. The van der Waals surface area contributed by atoms with Gasteiger partial charge < -0.3 is 14.5 Å². The fourth-order valence-electron chi connectivity index (χ4n) is 2.63. The number of rotatable bonds is 1. The monoisotopic (exact) mass is 222 g/mol. The molecular weight excluding hydrogens is 204 g/mol. The molecule has 1 aromatic rings. The number of hydrogen-bond donors (Lipinski definition) is 2. The summed E-state index contributed by atoms with van der Waals surface area (Å²) in [4.78, 5) is 0. The Bertz CT molecular complexity index is 325. The van der Waals surface area contributed by atoms with Crippen LogP contribution in [0.1, 0.15) is 31.1 Å². The van der Waals surface area contributed by atoms with Crippen LogP contribution in [0.25, 0.3) is 0 Å². The van der Waals surface area contributed by atoms with E-state index >= 15 is 0 Å². The lowest BCUT2D eigenvalue weighted by Gasteiger charge is -2.44. The van der Waals surface area contributed by atoms with Crippen molar-refractivity contribution in [3.05, 3.63) is 24.2 Å². The van der Waals surface area contributed by atoms with E-state index in [4.69, 9.17) is 9.15 Å². The molecule has 3 heterocycles. The fraction of sp³-hybridized carbons (Fsp3) is 0.667. The summed E-state index contributed by atoms with van der Waals surface area (Å²) in [5.74, 6) is 1.03. The predicted octanol–water partition coefficient (Wildman–Crippen LogP) is 1.41. The number of piperidine rings is 1. The van der Waals surface area contributed by atoms with Gasteiger partial charge in [-0.05, 0) is 31.6 Å². The largest absolute Gasteiger partial charge is 0.468 e. The summed E-state index contributed by atoms with van der Waals surface area (Å²) in [6.07, 6.45) is 4.79. The van der Waals surface area contributed by atoms with E-state index in [0.29, 0.717) is 6.04 Å². The van der Waals surface area contributed by atoms with Crippen LogP contribution < -0.4 is 10.6 Å². The van der Waals surface area contributed by atoms with E-state index < -0.39 is 0 Å². The molecule has 2 aliphatic heterocycles. The summed E-state index contributed by atoms with van der Waals surface area (Å²) in [7, 11) is 0. The van der Waals surface area contributed by atoms with Gasteiger partial charge in [-0.25, -0.2) is 0 Å². The maximum atomic E-state index is 5.94. The highest BCUT2D eigenvalue weighted by atomic mass is 16.5. The molecule has 1 unspecified atom stereocenters. The third-order valence-corrected chi connectivity index (χ3v) is 3.52. The number of ether oxygens (including phenoxy) is 1. The third-order valence-electron chi connectivity index (χ3n) is 3.52. The summed E-state index contributed by atoms with van der Waals surface area (Å²) in [5, 5.41) is 6.98. The summed E-state index contributed by atoms with van der Waals surface area (Å²) in [6, 6.07) is 4.29. The maximum Gasteiger partial charge on any atom is 0.122 e. The van der Waals surface area contributed by atoms with Gasteiger partial charge in [0.2, 0.25) is 0 Å². The van der Waals surface area contributed by atoms with Gasteiger partial charge >= 0.3 is 0 Å². The molecule has 2 N–H and O–H groups in total. The molecule has 0 radical (unpaired) electrons. The van der Waals surface area contributed by atoms with Crippen molar-refractivity contribution in [2.45, 2.75) is 31.0 Å². The van der Waals surface area contributed by atoms with Gasteiger partial charge in [-0.3, -0.25) is 5.32 Å². The second-order valence-corrected chi connectivity index (χ2v) is 4.59. The molecule has 1 aromatic heterocycles. The smallest absolute Gasteiger partial charge is 0.122 e. The molecule has 2 fully saturated rings. The maximum absolute atomic E-state index is 5.94. The van der Waals surface area contributed by atoms with Crippen LogP contribution in [0.4, 0.5) is 0 Å². The van der Waals surface area contributed by atoms with E-state index in [2.05, 4.69) is 10.6 Å². The first kappa shape index (κ1) is 10.3. The molecule has 4 nitrogen and oxygen atoms in total. The first-order chi connectivity index (χ1) is 7.88. The molecule has 2 aliphatic rings. The highest BCUT2D eigenvalue weighted by molar-refractivity contribution is 5.07. The minimum atomic E-state index is -0.124. The van der Waals surface area contributed by atoms with Crippen molar-refractivity contribution < 1.29 is 9.15 Å². The normalized spacial score (nSPS) is 29.4. The molecule has 3 rings (SSSR count). The lowest BCUT2D eigenvalue weighted by Crippen LogP contribution is -2.58. The van der Waals surface area contributed by atoms with E-state index in [1.54, 1.807) is 6.26 Å². The second-order valence-electron chi connectivity index (χ2n) is 4.59. The molecule has 88 valence electrons. The highest BCUT2D eigenvalue weighted by Crippen LogP contribution is 2.31. The van der Waals surface area contributed by atoms with Crippen molar-refractivity contribution in [3.8, 4) is 0 Å². The molecule has 1 spiro atoms. The molecule has 1 atom stereocenters. The zero-order valence-electron chi connectivity index (χ0n) is 9.37.